The van der Waals surface area contributed by atoms with E-state index in [1.807, 2.05) is 42.5 Å². The molecular weight excluding hydrogens is 386 g/mol. The van der Waals surface area contributed by atoms with Gasteiger partial charge in [0, 0.05) is 17.7 Å². The van der Waals surface area contributed by atoms with E-state index in [1.54, 1.807) is 12.1 Å². The summed E-state index contributed by atoms with van der Waals surface area (Å²) in [5.74, 6) is 0.375. The summed E-state index contributed by atoms with van der Waals surface area (Å²) in [4.78, 5) is -0.0610. The summed E-state index contributed by atoms with van der Waals surface area (Å²) in [6.07, 6.45) is 0. The normalized spacial score (nSPS) is 11.1. The molecule has 0 bridgehead atoms. The average molecular weight is 404 g/mol. The third-order valence-electron chi connectivity index (χ3n) is 3.98. The number of methoxy groups -OCH3 is 2. The number of ether oxygens (including phenoxy) is 2. The number of benzene rings is 3. The van der Waals surface area contributed by atoms with Crippen LogP contribution in [0.1, 0.15) is 0 Å². The Hall–Kier alpha value is -2.70. The minimum atomic E-state index is -3.95. The fourth-order valence-corrected chi connectivity index (χ4v) is 4.16. The summed E-state index contributed by atoms with van der Waals surface area (Å²) in [5, 5.41) is 0.262. The summed E-state index contributed by atoms with van der Waals surface area (Å²) in [6, 6.07) is 19.5. The van der Waals surface area contributed by atoms with Gasteiger partial charge in [0.2, 0.25) is 0 Å². The van der Waals surface area contributed by atoms with Crippen molar-refractivity contribution in [2.45, 2.75) is 4.90 Å². The van der Waals surface area contributed by atoms with E-state index in [0.29, 0.717) is 5.69 Å². The predicted octanol–water partition coefficient (Wildman–Crippen LogP) is 4.83. The Morgan fingerprint density at radius 3 is 2.15 bits per heavy atom. The van der Waals surface area contributed by atoms with Crippen molar-refractivity contribution in [1.29, 1.82) is 0 Å². The van der Waals surface area contributed by atoms with Gasteiger partial charge in [0.25, 0.3) is 10.0 Å². The highest BCUT2D eigenvalue weighted by molar-refractivity contribution is 7.92. The number of hydrogen-bond donors (Lipinski definition) is 1. The molecule has 1 N–H and O–H groups in total. The Kier molecular flexibility index (Phi) is 5.58. The maximum absolute atomic E-state index is 13.1. The Bertz CT molecular complexity index is 1050. The smallest absolute Gasteiger partial charge is 0.265 e. The van der Waals surface area contributed by atoms with E-state index in [-0.39, 0.29) is 21.4 Å². The second-order valence-electron chi connectivity index (χ2n) is 5.65. The zero-order valence-corrected chi connectivity index (χ0v) is 16.3. The van der Waals surface area contributed by atoms with Crippen LogP contribution in [0.25, 0.3) is 11.1 Å². The summed E-state index contributed by atoms with van der Waals surface area (Å²) < 4.78 is 39.1. The van der Waals surface area contributed by atoms with Gasteiger partial charge in [-0.05, 0) is 11.6 Å². The van der Waals surface area contributed by atoms with E-state index in [9.17, 15) is 8.42 Å². The lowest BCUT2D eigenvalue weighted by Gasteiger charge is -2.16. The van der Waals surface area contributed by atoms with Crippen LogP contribution in [-0.4, -0.2) is 22.6 Å². The van der Waals surface area contributed by atoms with Crippen LogP contribution >= 0.6 is 11.6 Å². The Balaban J connectivity index is 2.07. The van der Waals surface area contributed by atoms with Crippen molar-refractivity contribution in [1.82, 2.24) is 0 Å². The van der Waals surface area contributed by atoms with Gasteiger partial charge in [-0.25, -0.2) is 8.42 Å². The zero-order chi connectivity index (χ0) is 19.4. The van der Waals surface area contributed by atoms with E-state index >= 15 is 0 Å². The number of halogens is 1. The van der Waals surface area contributed by atoms with Gasteiger partial charge in [-0.15, -0.1) is 0 Å². The van der Waals surface area contributed by atoms with Crippen molar-refractivity contribution in [3.8, 4) is 22.6 Å². The maximum atomic E-state index is 13.1. The van der Waals surface area contributed by atoms with E-state index in [4.69, 9.17) is 21.1 Å². The number of hydrogen-bond acceptors (Lipinski definition) is 4. The van der Waals surface area contributed by atoms with E-state index in [0.717, 1.165) is 11.1 Å². The first-order valence-electron chi connectivity index (χ1n) is 8.05. The van der Waals surface area contributed by atoms with Gasteiger partial charge >= 0.3 is 0 Å². The minimum Gasteiger partial charge on any atom is -0.495 e. The summed E-state index contributed by atoms with van der Waals surface area (Å²) >= 11 is 6.08. The molecule has 27 heavy (non-hydrogen) atoms. The van der Waals surface area contributed by atoms with Gasteiger partial charge in [-0.3, -0.25) is 4.72 Å². The van der Waals surface area contributed by atoms with Gasteiger partial charge in [-0.2, -0.15) is 0 Å². The Morgan fingerprint density at radius 2 is 1.48 bits per heavy atom. The summed E-state index contributed by atoms with van der Waals surface area (Å²) in [5.41, 5.74) is 2.12. The van der Waals surface area contributed by atoms with Gasteiger partial charge < -0.3 is 9.47 Å². The second kappa shape index (κ2) is 7.90. The Labute approximate surface area is 163 Å². The maximum Gasteiger partial charge on any atom is 0.265 e. The molecule has 0 radical (unpaired) electrons. The molecule has 0 spiro atoms. The fourth-order valence-electron chi connectivity index (χ4n) is 2.68. The number of sulfonamides is 1. The number of nitrogens with one attached hydrogen (secondary N) is 1. The molecule has 0 heterocycles. The van der Waals surface area contributed by atoms with Crippen LogP contribution in [0.15, 0.2) is 71.6 Å². The molecule has 3 aromatic rings. The molecule has 0 saturated carbocycles. The molecule has 5 nitrogen and oxygen atoms in total. The monoisotopic (exact) mass is 403 g/mol. The van der Waals surface area contributed by atoms with Crippen LogP contribution in [0.4, 0.5) is 5.69 Å². The first kappa shape index (κ1) is 19.1. The van der Waals surface area contributed by atoms with Gasteiger partial charge in [-0.1, -0.05) is 60.1 Å². The molecule has 0 saturated heterocycles. The van der Waals surface area contributed by atoms with Crippen molar-refractivity contribution in [2.24, 2.45) is 0 Å². The van der Waals surface area contributed by atoms with Crippen molar-refractivity contribution in [3.63, 3.8) is 0 Å². The molecule has 0 aliphatic heterocycles. The molecule has 0 aromatic heterocycles. The van der Waals surface area contributed by atoms with Crippen LogP contribution in [0.5, 0.6) is 11.5 Å². The number of anilines is 1. The van der Waals surface area contributed by atoms with Crippen LogP contribution < -0.4 is 14.2 Å². The molecule has 3 rings (SSSR count). The number of para-hydroxylation sites is 1. The highest BCUT2D eigenvalue weighted by atomic mass is 35.5. The fraction of sp³-hybridized carbons (Fsp3) is 0.100. The summed E-state index contributed by atoms with van der Waals surface area (Å²) in [6.45, 7) is 0. The van der Waals surface area contributed by atoms with Crippen molar-refractivity contribution in [3.05, 3.63) is 71.8 Å². The summed E-state index contributed by atoms with van der Waals surface area (Å²) in [7, 11) is -1.15. The standard InChI is InChI=1S/C20H18ClNO4S/c1-25-18-13-20(19(26-2)12-16(18)21)27(23,24)22-17-11-7-6-10-15(17)14-8-4-3-5-9-14/h3-13,22H,1-2H3. The van der Waals surface area contributed by atoms with Gasteiger partial charge in [0.15, 0.2) is 0 Å². The molecule has 0 atom stereocenters. The Morgan fingerprint density at radius 1 is 0.852 bits per heavy atom. The zero-order valence-electron chi connectivity index (χ0n) is 14.8. The van der Waals surface area contributed by atoms with E-state index < -0.39 is 10.0 Å². The van der Waals surface area contributed by atoms with Crippen LogP contribution in [0.3, 0.4) is 0 Å². The lowest BCUT2D eigenvalue weighted by molar-refractivity contribution is 0.392. The third-order valence-corrected chi connectivity index (χ3v) is 5.67. The first-order valence-corrected chi connectivity index (χ1v) is 9.91. The van der Waals surface area contributed by atoms with Crippen molar-refractivity contribution in [2.75, 3.05) is 18.9 Å². The molecule has 3 aromatic carbocycles. The SMILES string of the molecule is COc1cc(S(=O)(=O)Nc2ccccc2-c2ccccc2)c(OC)cc1Cl. The van der Waals surface area contributed by atoms with E-state index in [2.05, 4.69) is 4.72 Å². The second-order valence-corrected chi connectivity index (χ2v) is 7.71. The molecule has 0 aliphatic rings. The lowest BCUT2D eigenvalue weighted by atomic mass is 10.0. The predicted molar refractivity (Wildman–Crippen MR) is 107 cm³/mol. The molecule has 0 unspecified atom stereocenters. The van der Waals surface area contributed by atoms with Crippen molar-refractivity contribution >= 4 is 27.3 Å². The van der Waals surface area contributed by atoms with Crippen LogP contribution in [0.2, 0.25) is 5.02 Å². The molecular formula is C20H18ClNO4S. The molecule has 140 valence electrons. The van der Waals surface area contributed by atoms with Crippen molar-refractivity contribution < 1.29 is 17.9 Å². The molecule has 0 fully saturated rings. The average Bonchev–Trinajstić information content (AvgIpc) is 2.68. The first-order chi connectivity index (χ1) is 13.0. The van der Waals surface area contributed by atoms with Gasteiger partial charge in [0.1, 0.15) is 16.4 Å². The lowest BCUT2D eigenvalue weighted by Crippen LogP contribution is -2.15. The highest BCUT2D eigenvalue weighted by Crippen LogP contribution is 2.37. The topological polar surface area (TPSA) is 64.6 Å². The highest BCUT2D eigenvalue weighted by Gasteiger charge is 2.23. The largest absolute Gasteiger partial charge is 0.495 e. The number of rotatable bonds is 6. The van der Waals surface area contributed by atoms with Crippen LogP contribution in [0, 0.1) is 0 Å². The minimum absolute atomic E-state index is 0.0610. The van der Waals surface area contributed by atoms with Crippen LogP contribution in [-0.2, 0) is 10.0 Å². The molecule has 7 heteroatoms. The molecule has 0 aliphatic carbocycles. The third kappa shape index (κ3) is 4.02. The van der Waals surface area contributed by atoms with Gasteiger partial charge in [0.05, 0.1) is 24.9 Å². The quantitative estimate of drug-likeness (QED) is 0.640. The molecule has 0 amide bonds. The van der Waals surface area contributed by atoms with E-state index in [1.165, 1.54) is 26.4 Å².